The second-order valence-corrected chi connectivity index (χ2v) is 7.26. The van der Waals surface area contributed by atoms with Gasteiger partial charge in [0.05, 0.1) is 11.4 Å². The van der Waals surface area contributed by atoms with Crippen molar-refractivity contribution < 1.29 is 12.6 Å². The molecule has 6 heteroatoms. The molecule has 0 N–H and O–H groups in total. The van der Waals surface area contributed by atoms with Gasteiger partial charge in [-0.25, -0.2) is 0 Å². The van der Waals surface area contributed by atoms with Gasteiger partial charge in [0.15, 0.2) is 0 Å². The molecule has 4 rings (SSSR count). The molecule has 0 bridgehead atoms. The van der Waals surface area contributed by atoms with Crippen LogP contribution in [0.25, 0.3) is 22.0 Å². The van der Waals surface area contributed by atoms with Crippen LogP contribution in [0.1, 0.15) is 5.69 Å². The zero-order chi connectivity index (χ0) is 18.1. The molecule has 0 saturated heterocycles. The summed E-state index contributed by atoms with van der Waals surface area (Å²) in [5, 5.41) is 6.39. The Hall–Kier alpha value is -3.12. The van der Waals surface area contributed by atoms with E-state index in [9.17, 15) is 8.42 Å². The summed E-state index contributed by atoms with van der Waals surface area (Å²) in [4.78, 5) is 0. The molecule has 26 heavy (non-hydrogen) atoms. The molecule has 0 aliphatic carbocycles. The molecule has 0 fully saturated rings. The molecule has 4 aromatic rings. The van der Waals surface area contributed by atoms with Crippen molar-refractivity contribution in [2.24, 2.45) is 0 Å². The summed E-state index contributed by atoms with van der Waals surface area (Å²) >= 11 is 0. The van der Waals surface area contributed by atoms with Gasteiger partial charge in [-0.15, -0.1) is 4.09 Å². The predicted octanol–water partition coefficient (Wildman–Crippen LogP) is 4.18. The van der Waals surface area contributed by atoms with E-state index < -0.39 is 10.3 Å². The second kappa shape index (κ2) is 6.31. The maximum atomic E-state index is 12.6. The Kier molecular flexibility index (Phi) is 3.97. The third-order valence-corrected chi connectivity index (χ3v) is 5.26. The first-order valence-electron chi connectivity index (χ1n) is 8.09. The van der Waals surface area contributed by atoms with Crippen LogP contribution in [-0.2, 0) is 10.3 Å². The fourth-order valence-electron chi connectivity index (χ4n) is 2.90. The summed E-state index contributed by atoms with van der Waals surface area (Å²) < 4.78 is 31.3. The zero-order valence-corrected chi connectivity index (χ0v) is 14.8. The molecule has 130 valence electrons. The highest BCUT2D eigenvalue weighted by Gasteiger charge is 2.21. The van der Waals surface area contributed by atoms with Gasteiger partial charge in [0.25, 0.3) is 0 Å². The highest BCUT2D eigenvalue weighted by Crippen LogP contribution is 2.28. The van der Waals surface area contributed by atoms with Gasteiger partial charge in [0.2, 0.25) is 0 Å². The van der Waals surface area contributed by atoms with Gasteiger partial charge in [-0.05, 0) is 35.9 Å². The lowest BCUT2D eigenvalue weighted by molar-refractivity contribution is 0.468. The van der Waals surface area contributed by atoms with Gasteiger partial charge in [0.1, 0.15) is 5.75 Å². The number of fused-ring (bicyclic) bond motifs is 1. The number of rotatable bonds is 4. The molecule has 5 nitrogen and oxygen atoms in total. The Morgan fingerprint density at radius 2 is 1.58 bits per heavy atom. The average Bonchev–Trinajstić information content (AvgIpc) is 3.04. The van der Waals surface area contributed by atoms with Gasteiger partial charge in [-0.3, -0.25) is 0 Å². The summed E-state index contributed by atoms with van der Waals surface area (Å²) in [7, 11) is -4.08. The summed E-state index contributed by atoms with van der Waals surface area (Å²) in [5.41, 5.74) is 1.93. The van der Waals surface area contributed by atoms with Crippen LogP contribution >= 0.6 is 0 Å². The highest BCUT2D eigenvalue weighted by molar-refractivity contribution is 7.85. The van der Waals surface area contributed by atoms with Crippen LogP contribution in [0.15, 0.2) is 78.9 Å². The maximum absolute atomic E-state index is 12.6. The standard InChI is InChI=1S/C20H16N2O3S/c1-15-14-20(19-13-7-9-16-8-5-6-12-18(16)19)21-22(15)26(23,24)25-17-10-3-2-4-11-17/h2-14H,1H3. The fraction of sp³-hybridized carbons (Fsp3) is 0.0500. The number of hydrogen-bond donors (Lipinski definition) is 0. The number of aryl methyl sites for hydroxylation is 1. The lowest BCUT2D eigenvalue weighted by Crippen LogP contribution is -2.21. The Balaban J connectivity index is 1.78. The predicted molar refractivity (Wildman–Crippen MR) is 101 cm³/mol. The summed E-state index contributed by atoms with van der Waals surface area (Å²) in [6.45, 7) is 1.69. The zero-order valence-electron chi connectivity index (χ0n) is 14.0. The molecule has 0 spiro atoms. The van der Waals surface area contributed by atoms with E-state index in [1.165, 1.54) is 0 Å². The first-order valence-corrected chi connectivity index (χ1v) is 9.46. The van der Waals surface area contributed by atoms with Crippen molar-refractivity contribution in [3.8, 4) is 17.0 Å². The van der Waals surface area contributed by atoms with E-state index in [1.807, 2.05) is 42.5 Å². The molecule has 0 atom stereocenters. The molecular weight excluding hydrogens is 348 g/mol. The average molecular weight is 364 g/mol. The molecule has 1 aromatic heterocycles. The monoisotopic (exact) mass is 364 g/mol. The van der Waals surface area contributed by atoms with Crippen molar-refractivity contribution in [1.29, 1.82) is 0 Å². The Labute approximate surface area is 151 Å². The van der Waals surface area contributed by atoms with Crippen LogP contribution in [0.3, 0.4) is 0 Å². The lowest BCUT2D eigenvalue weighted by atomic mass is 10.0. The van der Waals surface area contributed by atoms with Crippen molar-refractivity contribution in [2.45, 2.75) is 6.92 Å². The third-order valence-electron chi connectivity index (χ3n) is 4.07. The number of benzene rings is 3. The van der Waals surface area contributed by atoms with E-state index >= 15 is 0 Å². The van der Waals surface area contributed by atoms with Crippen molar-refractivity contribution in [3.05, 3.63) is 84.6 Å². The largest absolute Gasteiger partial charge is 0.429 e. The van der Waals surface area contributed by atoms with E-state index in [0.717, 1.165) is 20.4 Å². The summed E-state index contributed by atoms with van der Waals surface area (Å²) in [5.74, 6) is 0.245. The molecular formula is C20H16N2O3S. The lowest BCUT2D eigenvalue weighted by Gasteiger charge is -2.07. The Morgan fingerprint density at radius 3 is 2.38 bits per heavy atom. The molecule has 0 saturated carbocycles. The molecule has 0 unspecified atom stereocenters. The number of hydrogen-bond acceptors (Lipinski definition) is 4. The molecule has 0 amide bonds. The van der Waals surface area contributed by atoms with Crippen LogP contribution in [0.2, 0.25) is 0 Å². The van der Waals surface area contributed by atoms with Crippen molar-refractivity contribution in [3.63, 3.8) is 0 Å². The highest BCUT2D eigenvalue weighted by atomic mass is 32.2. The minimum absolute atomic E-state index is 0.245. The molecule has 0 radical (unpaired) electrons. The van der Waals surface area contributed by atoms with Gasteiger partial charge in [0, 0.05) is 5.56 Å². The third kappa shape index (κ3) is 2.95. The maximum Gasteiger partial charge on any atom is 0.429 e. The number of aromatic nitrogens is 2. The second-order valence-electron chi connectivity index (χ2n) is 5.89. The van der Waals surface area contributed by atoms with Crippen LogP contribution < -0.4 is 4.18 Å². The van der Waals surface area contributed by atoms with Gasteiger partial charge >= 0.3 is 10.3 Å². The van der Waals surface area contributed by atoms with Crippen LogP contribution in [0, 0.1) is 6.92 Å². The summed E-state index contributed by atoms with van der Waals surface area (Å²) in [6.07, 6.45) is 0. The minimum Gasteiger partial charge on any atom is -0.366 e. The molecule has 3 aromatic carbocycles. The number of para-hydroxylation sites is 1. The van der Waals surface area contributed by atoms with Crippen LogP contribution in [0.4, 0.5) is 0 Å². The van der Waals surface area contributed by atoms with Crippen molar-refractivity contribution in [1.82, 2.24) is 9.19 Å². The van der Waals surface area contributed by atoms with Crippen LogP contribution in [0.5, 0.6) is 5.75 Å². The van der Waals surface area contributed by atoms with E-state index in [0.29, 0.717) is 11.4 Å². The van der Waals surface area contributed by atoms with Gasteiger partial charge in [-0.2, -0.15) is 13.5 Å². The fourth-order valence-corrected chi connectivity index (χ4v) is 3.92. The summed E-state index contributed by atoms with van der Waals surface area (Å²) in [6, 6.07) is 23.9. The smallest absolute Gasteiger partial charge is 0.366 e. The first kappa shape index (κ1) is 16.4. The van der Waals surface area contributed by atoms with E-state index in [-0.39, 0.29) is 5.75 Å². The Bertz CT molecular complexity index is 1180. The van der Waals surface area contributed by atoms with Crippen LogP contribution in [-0.4, -0.2) is 17.6 Å². The number of nitrogens with zero attached hydrogens (tertiary/aromatic N) is 2. The SMILES string of the molecule is Cc1cc(-c2cccc3ccccc23)nn1S(=O)(=O)Oc1ccccc1. The van der Waals surface area contributed by atoms with E-state index in [1.54, 1.807) is 43.3 Å². The van der Waals surface area contributed by atoms with E-state index in [4.69, 9.17) is 4.18 Å². The van der Waals surface area contributed by atoms with Gasteiger partial charge < -0.3 is 4.18 Å². The van der Waals surface area contributed by atoms with Crippen molar-refractivity contribution >= 4 is 21.1 Å². The molecule has 0 aliphatic rings. The minimum atomic E-state index is -4.08. The molecule has 1 heterocycles. The Morgan fingerprint density at radius 1 is 0.885 bits per heavy atom. The van der Waals surface area contributed by atoms with E-state index in [2.05, 4.69) is 5.10 Å². The normalized spacial score (nSPS) is 11.6. The first-order chi connectivity index (χ1) is 12.5. The molecule has 0 aliphatic heterocycles. The quantitative estimate of drug-likeness (QED) is 0.545. The van der Waals surface area contributed by atoms with Crippen molar-refractivity contribution in [2.75, 3.05) is 0 Å². The topological polar surface area (TPSA) is 61.2 Å². The van der Waals surface area contributed by atoms with Gasteiger partial charge in [-0.1, -0.05) is 60.7 Å².